The normalized spacial score (nSPS) is 41.1. The van der Waals surface area contributed by atoms with Crippen molar-refractivity contribution in [1.82, 2.24) is 4.90 Å². The minimum Gasteiger partial charge on any atom is -0.279 e. The van der Waals surface area contributed by atoms with E-state index in [1.54, 1.807) is 4.90 Å². The van der Waals surface area contributed by atoms with Gasteiger partial charge in [0.25, 0.3) is 0 Å². The van der Waals surface area contributed by atoms with Gasteiger partial charge in [0.05, 0.1) is 5.92 Å². The minimum absolute atomic E-state index is 0.0286. The fourth-order valence-corrected chi connectivity index (χ4v) is 5.05. The summed E-state index contributed by atoms with van der Waals surface area (Å²) in [4.78, 5) is 26.9. The maximum absolute atomic E-state index is 12.9. The van der Waals surface area contributed by atoms with Crippen LogP contribution in [-0.2, 0) is 9.59 Å². The molecule has 0 radical (unpaired) electrons. The fourth-order valence-electron chi connectivity index (χ4n) is 5.05. The molecule has 108 valence electrons. The monoisotopic (exact) mass is 273 g/mol. The van der Waals surface area contributed by atoms with Crippen LogP contribution in [0.3, 0.4) is 0 Å². The van der Waals surface area contributed by atoms with Crippen molar-refractivity contribution in [2.75, 3.05) is 0 Å². The number of likely N-dealkylation sites (tertiary alicyclic amines) is 1. The number of carbonyl (C=O) groups is 2. The summed E-state index contributed by atoms with van der Waals surface area (Å²) in [6, 6.07) is 0.202. The number of imide groups is 1. The number of nitrogens with zero attached hydrogens (tertiary/aromatic N) is 1. The summed E-state index contributed by atoms with van der Waals surface area (Å²) in [5.74, 6) is 0.862. The highest BCUT2D eigenvalue weighted by molar-refractivity contribution is 6.04. The lowest BCUT2D eigenvalue weighted by Gasteiger charge is -2.32. The van der Waals surface area contributed by atoms with Crippen molar-refractivity contribution < 1.29 is 9.59 Å². The van der Waals surface area contributed by atoms with Crippen LogP contribution in [-0.4, -0.2) is 22.8 Å². The second-order valence-electron chi connectivity index (χ2n) is 7.25. The highest BCUT2D eigenvalue weighted by atomic mass is 16.2. The third-order valence-corrected chi connectivity index (χ3v) is 6.14. The van der Waals surface area contributed by atoms with Crippen molar-refractivity contribution in [3.05, 3.63) is 12.2 Å². The minimum atomic E-state index is -0.0549. The van der Waals surface area contributed by atoms with Crippen molar-refractivity contribution in [3.63, 3.8) is 0 Å². The molecule has 1 aliphatic heterocycles. The Morgan fingerprint density at radius 3 is 2.50 bits per heavy atom. The lowest BCUT2D eigenvalue weighted by atomic mass is 9.74. The van der Waals surface area contributed by atoms with E-state index in [1.165, 1.54) is 25.7 Å². The average Bonchev–Trinajstić information content (AvgIpc) is 3.14. The zero-order valence-corrected chi connectivity index (χ0v) is 12.0. The largest absolute Gasteiger partial charge is 0.279 e. The van der Waals surface area contributed by atoms with Crippen molar-refractivity contribution >= 4 is 11.8 Å². The molecule has 3 aliphatic carbocycles. The molecule has 0 N–H and O–H groups in total. The molecule has 3 unspecified atom stereocenters. The predicted molar refractivity (Wildman–Crippen MR) is 75.7 cm³/mol. The number of fused-ring (bicyclic) bond motifs is 2. The SMILES string of the molecule is O=C1CC(C23C=CC(CC2)C3)C(=O)N1C1CCCCC1. The topological polar surface area (TPSA) is 37.4 Å². The zero-order chi connectivity index (χ0) is 13.7. The molecule has 1 saturated heterocycles. The third kappa shape index (κ3) is 1.71. The van der Waals surface area contributed by atoms with Gasteiger partial charge in [-0.3, -0.25) is 14.5 Å². The molecule has 3 atom stereocenters. The first kappa shape index (κ1) is 12.6. The van der Waals surface area contributed by atoms with Crippen LogP contribution in [0.25, 0.3) is 0 Å². The van der Waals surface area contributed by atoms with Gasteiger partial charge >= 0.3 is 0 Å². The predicted octanol–water partition coefficient (Wildman–Crippen LogP) is 3.05. The van der Waals surface area contributed by atoms with E-state index in [1.807, 2.05) is 0 Å². The number of carbonyl (C=O) groups excluding carboxylic acids is 2. The number of allylic oxidation sites excluding steroid dienone is 2. The molecule has 4 aliphatic rings. The van der Waals surface area contributed by atoms with Gasteiger partial charge in [0, 0.05) is 17.9 Å². The van der Waals surface area contributed by atoms with Crippen LogP contribution in [0, 0.1) is 17.3 Å². The first-order chi connectivity index (χ1) is 9.70. The first-order valence-corrected chi connectivity index (χ1v) is 8.25. The van der Waals surface area contributed by atoms with Gasteiger partial charge in [0.2, 0.25) is 11.8 Å². The lowest BCUT2D eigenvalue weighted by molar-refractivity contribution is -0.143. The standard InChI is InChI=1S/C17H23NO2/c19-15-10-14(17-8-6-12(11-17)7-9-17)16(20)18(15)13-4-2-1-3-5-13/h6,8,12-14H,1-5,7,9-11H2. The Balaban J connectivity index is 1.57. The van der Waals surface area contributed by atoms with Crippen LogP contribution >= 0.6 is 0 Å². The maximum Gasteiger partial charge on any atom is 0.233 e. The maximum atomic E-state index is 12.9. The molecule has 0 spiro atoms. The Kier molecular flexibility index (Phi) is 2.80. The van der Waals surface area contributed by atoms with E-state index in [9.17, 15) is 9.59 Å². The lowest BCUT2D eigenvalue weighted by Crippen LogP contribution is -2.43. The van der Waals surface area contributed by atoms with E-state index in [0.717, 1.165) is 25.7 Å². The second-order valence-corrected chi connectivity index (χ2v) is 7.25. The van der Waals surface area contributed by atoms with Gasteiger partial charge in [0.1, 0.15) is 0 Å². The Morgan fingerprint density at radius 1 is 1.10 bits per heavy atom. The van der Waals surface area contributed by atoms with Gasteiger partial charge < -0.3 is 0 Å². The zero-order valence-electron chi connectivity index (χ0n) is 12.0. The van der Waals surface area contributed by atoms with Crippen molar-refractivity contribution in [2.45, 2.75) is 63.8 Å². The van der Waals surface area contributed by atoms with Crippen molar-refractivity contribution in [2.24, 2.45) is 17.3 Å². The number of amides is 2. The number of hydrogen-bond donors (Lipinski definition) is 0. The van der Waals surface area contributed by atoms with E-state index in [4.69, 9.17) is 0 Å². The summed E-state index contributed by atoms with van der Waals surface area (Å²) in [5, 5.41) is 0. The molecule has 1 heterocycles. The van der Waals surface area contributed by atoms with Crippen molar-refractivity contribution in [1.29, 1.82) is 0 Å². The molecule has 4 rings (SSSR count). The molecule has 0 aromatic carbocycles. The molecular formula is C17H23NO2. The van der Waals surface area contributed by atoms with Crippen LogP contribution in [0.4, 0.5) is 0 Å². The number of hydrogen-bond acceptors (Lipinski definition) is 2. The van der Waals surface area contributed by atoms with Crippen LogP contribution in [0.15, 0.2) is 12.2 Å². The molecule has 2 amide bonds. The van der Waals surface area contributed by atoms with Crippen LogP contribution in [0.1, 0.15) is 57.8 Å². The Bertz CT molecular complexity index is 477. The molecule has 3 nitrogen and oxygen atoms in total. The second kappa shape index (κ2) is 4.44. The van der Waals surface area contributed by atoms with Crippen LogP contribution in [0.5, 0.6) is 0 Å². The van der Waals surface area contributed by atoms with E-state index in [-0.39, 0.29) is 29.2 Å². The van der Waals surface area contributed by atoms with Gasteiger partial charge in [-0.15, -0.1) is 0 Å². The molecule has 3 fully saturated rings. The summed E-state index contributed by atoms with van der Waals surface area (Å²) in [6.07, 6.45) is 14.1. The van der Waals surface area contributed by atoms with E-state index < -0.39 is 0 Å². The molecule has 0 aromatic heterocycles. The summed E-state index contributed by atoms with van der Waals surface area (Å²) in [5.41, 5.74) is 0.0286. The summed E-state index contributed by atoms with van der Waals surface area (Å²) < 4.78 is 0. The smallest absolute Gasteiger partial charge is 0.233 e. The summed E-state index contributed by atoms with van der Waals surface area (Å²) in [6.45, 7) is 0. The molecular weight excluding hydrogens is 250 g/mol. The highest BCUT2D eigenvalue weighted by Crippen LogP contribution is 2.56. The summed E-state index contributed by atoms with van der Waals surface area (Å²) in [7, 11) is 0. The molecule has 2 bridgehead atoms. The summed E-state index contributed by atoms with van der Waals surface area (Å²) >= 11 is 0. The van der Waals surface area contributed by atoms with Gasteiger partial charge in [-0.2, -0.15) is 0 Å². The van der Waals surface area contributed by atoms with Crippen LogP contribution < -0.4 is 0 Å². The molecule has 2 saturated carbocycles. The number of rotatable bonds is 2. The van der Waals surface area contributed by atoms with Crippen LogP contribution in [0.2, 0.25) is 0 Å². The first-order valence-electron chi connectivity index (χ1n) is 8.25. The molecule has 20 heavy (non-hydrogen) atoms. The van der Waals surface area contributed by atoms with Gasteiger partial charge in [-0.25, -0.2) is 0 Å². The molecule has 0 aromatic rings. The van der Waals surface area contributed by atoms with Gasteiger partial charge in [-0.1, -0.05) is 31.4 Å². The van der Waals surface area contributed by atoms with Gasteiger partial charge in [-0.05, 0) is 38.0 Å². The Hall–Kier alpha value is -1.12. The van der Waals surface area contributed by atoms with E-state index >= 15 is 0 Å². The van der Waals surface area contributed by atoms with E-state index in [0.29, 0.717) is 12.3 Å². The van der Waals surface area contributed by atoms with Crippen molar-refractivity contribution in [3.8, 4) is 0 Å². The quantitative estimate of drug-likeness (QED) is 0.573. The Labute approximate surface area is 120 Å². The molecule has 3 heteroatoms. The Morgan fingerprint density at radius 2 is 1.90 bits per heavy atom. The average molecular weight is 273 g/mol. The highest BCUT2D eigenvalue weighted by Gasteiger charge is 2.55. The van der Waals surface area contributed by atoms with Gasteiger partial charge in [0.15, 0.2) is 0 Å². The van der Waals surface area contributed by atoms with E-state index in [2.05, 4.69) is 12.2 Å². The fraction of sp³-hybridized carbons (Fsp3) is 0.765. The third-order valence-electron chi connectivity index (χ3n) is 6.14.